The lowest BCUT2D eigenvalue weighted by Gasteiger charge is -2.32. The van der Waals surface area contributed by atoms with Gasteiger partial charge in [0.1, 0.15) is 11.2 Å². The maximum Gasteiger partial charge on any atom is 0.145 e. The van der Waals surface area contributed by atoms with Gasteiger partial charge in [-0.15, -0.1) is 0 Å². The lowest BCUT2D eigenvalue weighted by Crippen LogP contribution is -2.27. The molecule has 8 aromatic rings. The van der Waals surface area contributed by atoms with Crippen LogP contribution in [0.1, 0.15) is 33.4 Å². The van der Waals surface area contributed by atoms with E-state index in [2.05, 4.69) is 155 Å². The van der Waals surface area contributed by atoms with Crippen LogP contribution in [0.4, 0.5) is 22.7 Å². The number of rotatable bonds is 2. The van der Waals surface area contributed by atoms with Gasteiger partial charge in [-0.2, -0.15) is 0 Å². The Balaban J connectivity index is 1.23. The first-order valence-electron chi connectivity index (χ1n) is 17.8. The molecule has 0 N–H and O–H groups in total. The van der Waals surface area contributed by atoms with Crippen molar-refractivity contribution in [3.63, 3.8) is 0 Å². The molecule has 1 spiro atoms. The van der Waals surface area contributed by atoms with Crippen LogP contribution >= 0.6 is 0 Å². The molecule has 3 nitrogen and oxygen atoms in total. The van der Waals surface area contributed by atoms with Crippen molar-refractivity contribution < 1.29 is 4.42 Å². The molecule has 0 fully saturated rings. The van der Waals surface area contributed by atoms with Crippen molar-refractivity contribution in [2.24, 2.45) is 0 Å². The topological polar surface area (TPSA) is 19.6 Å². The summed E-state index contributed by atoms with van der Waals surface area (Å²) in [5, 5.41) is 2.38. The summed E-state index contributed by atoms with van der Waals surface area (Å²) in [5.41, 5.74) is 19.8. The number of fused-ring (bicyclic) bond motifs is 16. The van der Waals surface area contributed by atoms with Crippen LogP contribution in [0.2, 0.25) is 0 Å². The Kier molecular flexibility index (Phi) is 5.13. The summed E-state index contributed by atoms with van der Waals surface area (Å²) in [7, 11) is 0. The predicted octanol–water partition coefficient (Wildman–Crippen LogP) is 11.3. The Morgan fingerprint density at radius 1 is 0.480 bits per heavy atom. The zero-order chi connectivity index (χ0) is 32.6. The van der Waals surface area contributed by atoms with Crippen LogP contribution in [-0.4, -0.2) is 13.1 Å². The summed E-state index contributed by atoms with van der Waals surface area (Å²) in [6.07, 6.45) is 2.09. The summed E-state index contributed by atoms with van der Waals surface area (Å²) < 4.78 is 7.06. The van der Waals surface area contributed by atoms with Gasteiger partial charge in [-0.3, -0.25) is 0 Å². The number of hydrogen-bond donors (Lipinski definition) is 0. The molecule has 236 valence electrons. The van der Waals surface area contributed by atoms with E-state index in [0.717, 1.165) is 37.1 Å². The predicted molar refractivity (Wildman–Crippen MR) is 204 cm³/mol. The Morgan fingerprint density at radius 2 is 1.10 bits per heavy atom. The van der Waals surface area contributed by atoms with Crippen LogP contribution in [0.5, 0.6) is 0 Å². The van der Waals surface area contributed by atoms with Crippen LogP contribution in [0.15, 0.2) is 150 Å². The molecule has 0 radical (unpaired) electrons. The highest BCUT2D eigenvalue weighted by Gasteiger charge is 2.53. The number of anilines is 4. The molecule has 12 rings (SSSR count). The second-order valence-electron chi connectivity index (χ2n) is 14.3. The third-order valence-electron chi connectivity index (χ3n) is 12.0. The molecule has 3 heterocycles. The Hall–Kier alpha value is -6.06. The Morgan fingerprint density at radius 3 is 1.86 bits per heavy atom. The molecular formula is C47H32N2O. The third-order valence-corrected chi connectivity index (χ3v) is 12.0. The van der Waals surface area contributed by atoms with E-state index in [1.54, 1.807) is 0 Å². The van der Waals surface area contributed by atoms with Gasteiger partial charge in [-0.1, -0.05) is 109 Å². The average Bonchev–Trinajstić information content (AvgIpc) is 3.99. The molecule has 4 aliphatic rings. The minimum atomic E-state index is -0.492. The molecule has 0 saturated carbocycles. The Bertz CT molecular complexity index is 2710. The van der Waals surface area contributed by atoms with E-state index in [1.807, 2.05) is 0 Å². The number of hydrogen-bond acceptors (Lipinski definition) is 3. The molecule has 7 aromatic carbocycles. The fourth-order valence-electron chi connectivity index (χ4n) is 10.0. The summed E-state index contributed by atoms with van der Waals surface area (Å²) >= 11 is 0. The maximum atomic E-state index is 7.06. The van der Waals surface area contributed by atoms with Crippen molar-refractivity contribution in [1.29, 1.82) is 0 Å². The first-order chi connectivity index (χ1) is 24.8. The van der Waals surface area contributed by atoms with Gasteiger partial charge in [0.25, 0.3) is 0 Å². The van der Waals surface area contributed by atoms with E-state index in [9.17, 15) is 0 Å². The molecule has 0 unspecified atom stereocenters. The number of para-hydroxylation sites is 3. The molecule has 2 aliphatic heterocycles. The van der Waals surface area contributed by atoms with Crippen LogP contribution in [0.3, 0.4) is 0 Å². The van der Waals surface area contributed by atoms with Crippen molar-refractivity contribution in [3.05, 3.63) is 179 Å². The van der Waals surface area contributed by atoms with Gasteiger partial charge < -0.3 is 14.2 Å². The molecule has 0 atom stereocenters. The first kappa shape index (κ1) is 26.8. The van der Waals surface area contributed by atoms with Crippen molar-refractivity contribution in [2.75, 3.05) is 22.9 Å². The number of nitrogens with zero attached hydrogens (tertiary/aromatic N) is 2. The molecule has 0 amide bonds. The van der Waals surface area contributed by atoms with Gasteiger partial charge in [0, 0.05) is 41.1 Å². The van der Waals surface area contributed by atoms with Crippen LogP contribution < -0.4 is 9.80 Å². The van der Waals surface area contributed by atoms with E-state index in [1.165, 1.54) is 89.2 Å². The SMILES string of the molecule is c1ccc2c(c1)CCN2c1ccc2c(c1)C1(c3ccccc3-c3ccccc31)c1cc(N3CCc4ccccc43)c3c(oc4ccccc43)c1-2. The van der Waals surface area contributed by atoms with E-state index in [0.29, 0.717) is 0 Å². The molecule has 50 heavy (non-hydrogen) atoms. The van der Waals surface area contributed by atoms with Gasteiger partial charge in [0.05, 0.1) is 16.5 Å². The largest absolute Gasteiger partial charge is 0.455 e. The van der Waals surface area contributed by atoms with Crippen molar-refractivity contribution in [3.8, 4) is 22.3 Å². The molecular weight excluding hydrogens is 609 g/mol. The lowest BCUT2D eigenvalue weighted by atomic mass is 9.70. The van der Waals surface area contributed by atoms with Crippen LogP contribution in [-0.2, 0) is 18.3 Å². The second-order valence-corrected chi connectivity index (χ2v) is 14.3. The summed E-state index contributed by atoms with van der Waals surface area (Å²) in [4.78, 5) is 5.07. The monoisotopic (exact) mass is 640 g/mol. The van der Waals surface area contributed by atoms with Crippen molar-refractivity contribution in [1.82, 2.24) is 0 Å². The highest BCUT2D eigenvalue weighted by molar-refractivity contribution is 6.19. The highest BCUT2D eigenvalue weighted by Crippen LogP contribution is 2.65. The van der Waals surface area contributed by atoms with Gasteiger partial charge in [-0.25, -0.2) is 0 Å². The van der Waals surface area contributed by atoms with E-state index >= 15 is 0 Å². The fourth-order valence-corrected chi connectivity index (χ4v) is 10.0. The molecule has 2 aliphatic carbocycles. The Labute approximate surface area is 290 Å². The summed E-state index contributed by atoms with van der Waals surface area (Å²) in [6.45, 7) is 1.93. The minimum Gasteiger partial charge on any atom is -0.455 e. The first-order valence-corrected chi connectivity index (χ1v) is 17.8. The van der Waals surface area contributed by atoms with E-state index < -0.39 is 5.41 Å². The third kappa shape index (κ3) is 3.21. The molecule has 1 aromatic heterocycles. The maximum absolute atomic E-state index is 7.06. The van der Waals surface area contributed by atoms with Gasteiger partial charge in [-0.05, 0) is 99.3 Å². The molecule has 3 heteroatoms. The van der Waals surface area contributed by atoms with E-state index in [4.69, 9.17) is 4.42 Å². The quantitative estimate of drug-likeness (QED) is 0.187. The fraction of sp³-hybridized carbons (Fsp3) is 0.106. The summed E-state index contributed by atoms with van der Waals surface area (Å²) in [5.74, 6) is 0. The number of furan rings is 1. The minimum absolute atomic E-state index is 0.492. The van der Waals surface area contributed by atoms with Crippen molar-refractivity contribution >= 4 is 44.7 Å². The zero-order valence-electron chi connectivity index (χ0n) is 27.5. The zero-order valence-corrected chi connectivity index (χ0v) is 27.5. The van der Waals surface area contributed by atoms with Crippen LogP contribution in [0.25, 0.3) is 44.2 Å². The van der Waals surface area contributed by atoms with Crippen LogP contribution in [0, 0.1) is 0 Å². The smallest absolute Gasteiger partial charge is 0.145 e. The lowest BCUT2D eigenvalue weighted by molar-refractivity contribution is 0.669. The molecule has 0 saturated heterocycles. The van der Waals surface area contributed by atoms with Gasteiger partial charge in [0.2, 0.25) is 0 Å². The molecule has 0 bridgehead atoms. The van der Waals surface area contributed by atoms with Gasteiger partial charge >= 0.3 is 0 Å². The van der Waals surface area contributed by atoms with Gasteiger partial charge in [0.15, 0.2) is 0 Å². The summed E-state index contributed by atoms with van der Waals surface area (Å²) in [6, 6.07) is 54.4. The standard InChI is InChI=1S/C47H32N2O/c1-8-18-40-29(11-1)23-25-48(40)31-21-22-34-38(27-31)47(36-16-6-3-13-32(36)33-14-4-7-17-37(33)47)39-28-42(49-26-24-30-12-2-9-19-41(30)49)45-35-15-5-10-20-43(35)50-46(45)44(34)39/h1-22,27-28H,23-26H2. The van der Waals surface area contributed by atoms with Crippen molar-refractivity contribution in [2.45, 2.75) is 18.3 Å². The highest BCUT2D eigenvalue weighted by atomic mass is 16.3. The number of benzene rings is 7. The normalized spacial score (nSPS) is 15.8. The second kappa shape index (κ2) is 9.55. The average molecular weight is 641 g/mol. The van der Waals surface area contributed by atoms with E-state index in [-0.39, 0.29) is 0 Å².